The standard InChI is InChI=1S/C17H23N3O3S/c1-4-6-12-7-8-14(15(9-12)22-3)23-10-13(21)11-24-17-18-16(5-2)19-20-17/h4,7-9,13,21H,1,5-6,10-11H2,2-3H3,(H,18,19,20)/t13-/m0/s1. The smallest absolute Gasteiger partial charge is 0.208 e. The van der Waals surface area contributed by atoms with E-state index in [2.05, 4.69) is 21.8 Å². The molecule has 1 atom stereocenters. The van der Waals surface area contributed by atoms with Gasteiger partial charge >= 0.3 is 0 Å². The normalized spacial score (nSPS) is 12.0. The average Bonchev–Trinajstić information content (AvgIpc) is 3.07. The van der Waals surface area contributed by atoms with Crippen molar-refractivity contribution in [3.63, 3.8) is 0 Å². The number of nitrogens with zero attached hydrogens (tertiary/aromatic N) is 2. The first-order valence-corrected chi connectivity index (χ1v) is 8.77. The Labute approximate surface area is 146 Å². The molecular weight excluding hydrogens is 326 g/mol. The van der Waals surface area contributed by atoms with Gasteiger partial charge in [-0.05, 0) is 24.1 Å². The number of rotatable bonds is 10. The first-order valence-electron chi connectivity index (χ1n) is 7.79. The minimum absolute atomic E-state index is 0.176. The van der Waals surface area contributed by atoms with E-state index in [1.807, 2.05) is 31.2 Å². The summed E-state index contributed by atoms with van der Waals surface area (Å²) < 4.78 is 11.0. The summed E-state index contributed by atoms with van der Waals surface area (Å²) in [6, 6.07) is 5.72. The van der Waals surface area contributed by atoms with Crippen LogP contribution in [0.1, 0.15) is 18.3 Å². The highest BCUT2D eigenvalue weighted by molar-refractivity contribution is 7.99. The number of hydrogen-bond acceptors (Lipinski definition) is 6. The molecule has 1 aromatic heterocycles. The van der Waals surface area contributed by atoms with Gasteiger partial charge in [0.25, 0.3) is 0 Å². The van der Waals surface area contributed by atoms with E-state index in [1.54, 1.807) is 7.11 Å². The molecular formula is C17H23N3O3S. The highest BCUT2D eigenvalue weighted by Crippen LogP contribution is 2.28. The van der Waals surface area contributed by atoms with Crippen LogP contribution >= 0.6 is 11.8 Å². The summed E-state index contributed by atoms with van der Waals surface area (Å²) >= 11 is 1.39. The zero-order valence-corrected chi connectivity index (χ0v) is 14.8. The van der Waals surface area contributed by atoms with Gasteiger partial charge in [0.2, 0.25) is 5.16 Å². The maximum Gasteiger partial charge on any atom is 0.208 e. The number of benzene rings is 1. The van der Waals surface area contributed by atoms with E-state index in [-0.39, 0.29) is 6.61 Å². The molecule has 0 saturated heterocycles. The number of aromatic amines is 1. The van der Waals surface area contributed by atoms with Gasteiger partial charge in [-0.2, -0.15) is 0 Å². The zero-order valence-electron chi connectivity index (χ0n) is 14.0. The minimum atomic E-state index is -0.629. The monoisotopic (exact) mass is 349 g/mol. The number of aryl methyl sites for hydroxylation is 1. The van der Waals surface area contributed by atoms with Crippen molar-refractivity contribution >= 4 is 11.8 Å². The summed E-state index contributed by atoms with van der Waals surface area (Å²) in [6.07, 6.45) is 2.78. The van der Waals surface area contributed by atoms with Crippen LogP contribution in [0.5, 0.6) is 11.5 Å². The molecule has 0 fully saturated rings. The van der Waals surface area contributed by atoms with Gasteiger partial charge in [-0.1, -0.05) is 30.8 Å². The number of ether oxygens (including phenoxy) is 2. The molecule has 2 aromatic rings. The molecule has 0 spiro atoms. The fourth-order valence-corrected chi connectivity index (χ4v) is 2.75. The summed E-state index contributed by atoms with van der Waals surface area (Å²) in [6.45, 7) is 5.91. The SMILES string of the molecule is C=CCc1ccc(OC[C@H](O)CSc2n[nH]c(CC)n2)c(OC)c1. The van der Waals surface area contributed by atoms with Crippen LogP contribution in [0.15, 0.2) is 36.0 Å². The Morgan fingerprint density at radius 2 is 2.25 bits per heavy atom. The summed E-state index contributed by atoms with van der Waals surface area (Å²) in [4.78, 5) is 4.29. The third-order valence-corrected chi connectivity index (χ3v) is 4.28. The first-order chi connectivity index (χ1) is 11.7. The second kappa shape index (κ2) is 9.34. The second-order valence-corrected chi connectivity index (χ2v) is 6.16. The van der Waals surface area contributed by atoms with Crippen LogP contribution in [0.4, 0.5) is 0 Å². The van der Waals surface area contributed by atoms with Gasteiger partial charge in [0, 0.05) is 12.2 Å². The highest BCUT2D eigenvalue weighted by atomic mass is 32.2. The molecule has 0 amide bonds. The molecule has 0 aliphatic carbocycles. The van der Waals surface area contributed by atoms with Crippen LogP contribution in [0.2, 0.25) is 0 Å². The van der Waals surface area contributed by atoms with Gasteiger partial charge in [0.1, 0.15) is 12.4 Å². The van der Waals surface area contributed by atoms with Crippen LogP contribution in [-0.2, 0) is 12.8 Å². The van der Waals surface area contributed by atoms with E-state index in [4.69, 9.17) is 9.47 Å². The Morgan fingerprint density at radius 3 is 2.92 bits per heavy atom. The van der Waals surface area contributed by atoms with Crippen LogP contribution in [0, 0.1) is 0 Å². The second-order valence-electron chi connectivity index (χ2n) is 5.17. The van der Waals surface area contributed by atoms with E-state index >= 15 is 0 Å². The molecule has 0 bridgehead atoms. The van der Waals surface area contributed by atoms with Crippen molar-refractivity contribution in [2.45, 2.75) is 31.0 Å². The van der Waals surface area contributed by atoms with Gasteiger partial charge in [-0.3, -0.25) is 5.10 Å². The molecule has 0 aliphatic heterocycles. The fraction of sp³-hybridized carbons (Fsp3) is 0.412. The Balaban J connectivity index is 1.84. The van der Waals surface area contributed by atoms with Gasteiger partial charge < -0.3 is 14.6 Å². The van der Waals surface area contributed by atoms with Crippen LogP contribution in [0.25, 0.3) is 0 Å². The van der Waals surface area contributed by atoms with Crippen LogP contribution in [-0.4, -0.2) is 45.9 Å². The van der Waals surface area contributed by atoms with Crippen molar-refractivity contribution in [3.8, 4) is 11.5 Å². The Kier molecular flexibility index (Phi) is 7.14. The van der Waals surface area contributed by atoms with Crippen molar-refractivity contribution in [2.24, 2.45) is 0 Å². The highest BCUT2D eigenvalue weighted by Gasteiger charge is 2.11. The van der Waals surface area contributed by atoms with E-state index < -0.39 is 6.10 Å². The van der Waals surface area contributed by atoms with Crippen molar-refractivity contribution < 1.29 is 14.6 Å². The van der Waals surface area contributed by atoms with Crippen molar-refractivity contribution in [1.29, 1.82) is 0 Å². The largest absolute Gasteiger partial charge is 0.493 e. The van der Waals surface area contributed by atoms with Crippen LogP contribution < -0.4 is 9.47 Å². The third-order valence-electron chi connectivity index (χ3n) is 3.29. The number of H-pyrrole nitrogens is 1. The number of aliphatic hydroxyl groups is 1. The number of aliphatic hydroxyl groups excluding tert-OH is 1. The maximum atomic E-state index is 10.1. The lowest BCUT2D eigenvalue weighted by molar-refractivity contribution is 0.124. The summed E-state index contributed by atoms with van der Waals surface area (Å²) in [7, 11) is 1.60. The van der Waals surface area contributed by atoms with E-state index in [1.165, 1.54) is 11.8 Å². The van der Waals surface area contributed by atoms with E-state index in [0.29, 0.717) is 22.4 Å². The van der Waals surface area contributed by atoms with Gasteiger partial charge in [0.15, 0.2) is 11.5 Å². The first kappa shape index (κ1) is 18.4. The number of methoxy groups -OCH3 is 1. The predicted octanol–water partition coefficient (Wildman–Crippen LogP) is 2.64. The third kappa shape index (κ3) is 5.28. The topological polar surface area (TPSA) is 80.3 Å². The minimum Gasteiger partial charge on any atom is -0.493 e. The molecule has 0 unspecified atom stereocenters. The molecule has 24 heavy (non-hydrogen) atoms. The number of thioether (sulfide) groups is 1. The molecule has 130 valence electrons. The molecule has 1 heterocycles. The van der Waals surface area contributed by atoms with Crippen molar-refractivity contribution in [2.75, 3.05) is 19.5 Å². The summed E-state index contributed by atoms with van der Waals surface area (Å²) in [5, 5.41) is 17.6. The lowest BCUT2D eigenvalue weighted by Crippen LogP contribution is -2.20. The average molecular weight is 349 g/mol. The number of nitrogens with one attached hydrogen (secondary N) is 1. The number of aromatic nitrogens is 3. The molecule has 2 N–H and O–H groups in total. The maximum absolute atomic E-state index is 10.1. The fourth-order valence-electron chi connectivity index (χ4n) is 2.03. The summed E-state index contributed by atoms with van der Waals surface area (Å²) in [5.74, 6) is 2.56. The van der Waals surface area contributed by atoms with Gasteiger partial charge in [-0.15, -0.1) is 11.7 Å². The van der Waals surface area contributed by atoms with Crippen LogP contribution in [0.3, 0.4) is 0 Å². The molecule has 0 aliphatic rings. The number of allylic oxidation sites excluding steroid dienone is 1. The summed E-state index contributed by atoms with van der Waals surface area (Å²) in [5.41, 5.74) is 1.10. The molecule has 0 radical (unpaired) electrons. The Bertz CT molecular complexity index is 660. The predicted molar refractivity (Wildman–Crippen MR) is 94.9 cm³/mol. The molecule has 7 heteroatoms. The lowest BCUT2D eigenvalue weighted by atomic mass is 10.1. The zero-order chi connectivity index (χ0) is 17.4. The lowest BCUT2D eigenvalue weighted by Gasteiger charge is -2.14. The van der Waals surface area contributed by atoms with Crippen molar-refractivity contribution in [1.82, 2.24) is 15.2 Å². The number of hydrogen-bond donors (Lipinski definition) is 2. The molecule has 0 saturated carbocycles. The Morgan fingerprint density at radius 1 is 1.42 bits per heavy atom. The Hall–Kier alpha value is -1.99. The molecule has 6 nitrogen and oxygen atoms in total. The van der Waals surface area contributed by atoms with Gasteiger partial charge in [-0.25, -0.2) is 4.98 Å². The quantitative estimate of drug-likeness (QED) is 0.507. The van der Waals surface area contributed by atoms with Gasteiger partial charge in [0.05, 0.1) is 13.2 Å². The van der Waals surface area contributed by atoms with E-state index in [9.17, 15) is 5.11 Å². The van der Waals surface area contributed by atoms with Crippen molar-refractivity contribution in [3.05, 3.63) is 42.2 Å². The molecule has 2 rings (SSSR count). The van der Waals surface area contributed by atoms with E-state index in [0.717, 1.165) is 24.2 Å². The molecule has 1 aromatic carbocycles.